The van der Waals surface area contributed by atoms with Crippen molar-refractivity contribution >= 4 is 58.4 Å². The largest absolute Gasteiger partial charge is 0.354 e. The van der Waals surface area contributed by atoms with E-state index in [1.54, 1.807) is 0 Å². The van der Waals surface area contributed by atoms with Crippen LogP contribution in [-0.2, 0) is 37.3 Å². The Bertz CT molecular complexity index is 3240. The first-order valence-electron chi connectivity index (χ1n) is 24.9. The lowest BCUT2D eigenvalue weighted by molar-refractivity contribution is -0.103. The highest BCUT2D eigenvalue weighted by molar-refractivity contribution is 6.16. The summed E-state index contributed by atoms with van der Waals surface area (Å²) >= 11 is 0. The summed E-state index contributed by atoms with van der Waals surface area (Å²) < 4.78 is 0. The number of hydrogen-bond acceptors (Lipinski definition) is 4. The minimum absolute atomic E-state index is 0.135. The summed E-state index contributed by atoms with van der Waals surface area (Å²) in [5, 5.41) is 0. The van der Waals surface area contributed by atoms with Crippen molar-refractivity contribution in [1.82, 2.24) is 19.9 Å². The normalized spacial score (nSPS) is 13.7. The van der Waals surface area contributed by atoms with Gasteiger partial charge < -0.3 is 9.97 Å². The van der Waals surface area contributed by atoms with Gasteiger partial charge in [-0.1, -0.05) is 179 Å². The maximum Gasteiger partial charge on any atom is 0.152 e. The van der Waals surface area contributed by atoms with E-state index in [1.807, 2.05) is 18.2 Å². The van der Waals surface area contributed by atoms with Gasteiger partial charge in [-0.3, -0.25) is 9.59 Å². The van der Waals surface area contributed by atoms with E-state index in [4.69, 9.17) is 9.97 Å². The van der Waals surface area contributed by atoms with Crippen LogP contribution in [0.3, 0.4) is 0 Å². The number of carbonyl (C=O) groups is 2. The molecule has 0 unspecified atom stereocenters. The van der Waals surface area contributed by atoms with E-state index in [9.17, 15) is 9.59 Å². The van der Waals surface area contributed by atoms with E-state index in [2.05, 4.69) is 213 Å². The summed E-state index contributed by atoms with van der Waals surface area (Å²) in [6.45, 7) is 40.6. The maximum atomic E-state index is 13.2. The van der Waals surface area contributed by atoms with Crippen LogP contribution in [-0.4, -0.2) is 32.5 Å². The number of aldehydes is 2. The fourth-order valence-corrected chi connectivity index (χ4v) is 9.33. The molecule has 6 nitrogen and oxygen atoms in total. The lowest BCUT2D eigenvalue weighted by atomic mass is 9.78. The fraction of sp³-hybridized carbons (Fsp3) is 0.375. The van der Waals surface area contributed by atoms with Gasteiger partial charge in [-0.05, 0) is 125 Å². The Hall–Kier alpha value is -6.40. The molecule has 0 amide bonds. The lowest BCUT2D eigenvalue weighted by Crippen LogP contribution is -2.16. The molecule has 0 radical (unpaired) electrons. The van der Waals surface area contributed by atoms with Gasteiger partial charge in [0, 0.05) is 44.4 Å². The average Bonchev–Trinajstić information content (AvgIpc) is 4.07. The van der Waals surface area contributed by atoms with Crippen molar-refractivity contribution in [1.29, 1.82) is 0 Å². The maximum absolute atomic E-state index is 13.2. The Morgan fingerprint density at radius 3 is 1.06 bits per heavy atom. The molecule has 0 spiro atoms. The Kier molecular flexibility index (Phi) is 12.3. The predicted molar refractivity (Wildman–Crippen MR) is 298 cm³/mol. The zero-order valence-electron chi connectivity index (χ0n) is 45.1. The first-order valence-corrected chi connectivity index (χ1v) is 24.9. The second kappa shape index (κ2) is 17.2. The summed E-state index contributed by atoms with van der Waals surface area (Å²) in [7, 11) is 0. The van der Waals surface area contributed by atoms with E-state index in [-0.39, 0.29) is 32.5 Å². The first-order chi connectivity index (χ1) is 32.3. The topological polar surface area (TPSA) is 91.5 Å². The van der Waals surface area contributed by atoms with Gasteiger partial charge in [-0.25, -0.2) is 9.97 Å². The molecule has 362 valence electrons. The molecule has 0 saturated carbocycles. The zero-order valence-corrected chi connectivity index (χ0v) is 45.1. The molecule has 0 atom stereocenters. The van der Waals surface area contributed by atoms with Gasteiger partial charge in [0.2, 0.25) is 0 Å². The summed E-state index contributed by atoms with van der Waals surface area (Å²) in [5.41, 5.74) is 18.9. The standard InChI is InChI=1S/C64H74N4O2/c1-59(2,3)42-23-37(24-43(31-42)60(4,5)6)56-48-19-21-50(65-48)57(38-25-44(61(7,8)9)32-45(26-38)62(10,11)12)54-29-40(35-69)52(67-54)34-53-41(36-70)30-55(68-53)58(51-22-20-49(56)66-51)39-27-46(63(13,14)15)33-47(28-39)64(16,17)18/h19-36,65,68H,1-18H3. The van der Waals surface area contributed by atoms with Crippen LogP contribution < -0.4 is 0 Å². The van der Waals surface area contributed by atoms with E-state index in [0.29, 0.717) is 28.0 Å². The van der Waals surface area contributed by atoms with Crippen LogP contribution in [0.15, 0.2) is 78.9 Å². The van der Waals surface area contributed by atoms with Crippen molar-refractivity contribution in [3.05, 3.63) is 141 Å². The quantitative estimate of drug-likeness (QED) is 0.168. The zero-order chi connectivity index (χ0) is 51.3. The molecule has 2 aliphatic rings. The van der Waals surface area contributed by atoms with Crippen LogP contribution in [0.4, 0.5) is 0 Å². The number of hydrogen-bond donors (Lipinski definition) is 2. The number of H-pyrrole nitrogens is 2. The number of carbonyl (C=O) groups excluding carboxylic acids is 2. The van der Waals surface area contributed by atoms with E-state index in [0.717, 1.165) is 73.9 Å². The molecule has 5 heterocycles. The van der Waals surface area contributed by atoms with Gasteiger partial charge in [0.15, 0.2) is 12.6 Å². The third kappa shape index (κ3) is 9.84. The van der Waals surface area contributed by atoms with Gasteiger partial charge in [0.05, 0.1) is 28.3 Å². The average molecular weight is 931 g/mol. The highest BCUT2D eigenvalue weighted by Crippen LogP contribution is 2.43. The Balaban J connectivity index is 1.64. The first kappa shape index (κ1) is 50.0. The number of nitrogens with zero attached hydrogens (tertiary/aromatic N) is 2. The smallest absolute Gasteiger partial charge is 0.152 e. The molecular weight excluding hydrogens is 857 g/mol. The predicted octanol–water partition coefficient (Wildman–Crippen LogP) is 16.8. The highest BCUT2D eigenvalue weighted by atomic mass is 16.1. The van der Waals surface area contributed by atoms with Crippen molar-refractivity contribution in [2.24, 2.45) is 0 Å². The number of benzene rings is 3. The van der Waals surface area contributed by atoms with Crippen molar-refractivity contribution in [2.45, 2.75) is 157 Å². The van der Waals surface area contributed by atoms with Gasteiger partial charge in [0.25, 0.3) is 0 Å². The molecular formula is C64H74N4O2. The van der Waals surface area contributed by atoms with E-state index in [1.165, 1.54) is 33.4 Å². The van der Waals surface area contributed by atoms with E-state index < -0.39 is 0 Å². The Morgan fingerprint density at radius 2 is 0.714 bits per heavy atom. The third-order valence-electron chi connectivity index (χ3n) is 14.0. The Labute approximate surface area is 417 Å². The summed E-state index contributed by atoms with van der Waals surface area (Å²) in [5.74, 6) is 0. The highest BCUT2D eigenvalue weighted by Gasteiger charge is 2.28. The SMILES string of the molecule is CC(C)(C)c1cc(-c2c3nc(c(-c4cc(C(C)(C)C)cc(C(C)(C)C)c4)c4ccc([nH]4)c(-c4cc(C(C)(C)C)cc(C(C)(C)C)c4)c4nc(cc5[nH]c2cc5C=O)C(C=O)=C4)C=C3)cc(C(C)(C)C)c1. The minimum Gasteiger partial charge on any atom is -0.354 e. The molecule has 8 bridgehead atoms. The van der Waals surface area contributed by atoms with Crippen molar-refractivity contribution < 1.29 is 9.59 Å². The van der Waals surface area contributed by atoms with Crippen LogP contribution in [0.2, 0.25) is 0 Å². The van der Waals surface area contributed by atoms with Crippen LogP contribution in [0.1, 0.15) is 191 Å². The van der Waals surface area contributed by atoms with E-state index >= 15 is 0 Å². The van der Waals surface area contributed by atoms with Gasteiger partial charge in [0.1, 0.15) is 0 Å². The fourth-order valence-electron chi connectivity index (χ4n) is 9.33. The third-order valence-corrected chi connectivity index (χ3v) is 14.0. The summed E-state index contributed by atoms with van der Waals surface area (Å²) in [6.07, 6.45) is 7.90. The summed E-state index contributed by atoms with van der Waals surface area (Å²) in [4.78, 5) is 45.0. The minimum atomic E-state index is -0.151. The van der Waals surface area contributed by atoms with Crippen molar-refractivity contribution in [2.75, 3.05) is 0 Å². The molecule has 3 aromatic carbocycles. The Morgan fingerprint density at radius 1 is 0.371 bits per heavy atom. The molecule has 2 N–H and O–H groups in total. The number of aromatic amines is 2. The van der Waals surface area contributed by atoms with Crippen LogP contribution in [0.25, 0.3) is 79.2 Å². The molecule has 3 aromatic heterocycles. The van der Waals surface area contributed by atoms with Crippen LogP contribution >= 0.6 is 0 Å². The second-order valence-corrected chi connectivity index (χ2v) is 25.9. The molecule has 0 fully saturated rings. The number of fused-ring (bicyclic) bond motifs is 8. The monoisotopic (exact) mass is 931 g/mol. The van der Waals surface area contributed by atoms with Gasteiger partial charge >= 0.3 is 0 Å². The van der Waals surface area contributed by atoms with Crippen molar-refractivity contribution in [3.8, 4) is 33.4 Å². The number of nitrogens with one attached hydrogen (secondary N) is 2. The molecule has 2 aliphatic heterocycles. The van der Waals surface area contributed by atoms with Crippen LogP contribution in [0, 0.1) is 0 Å². The molecule has 6 heteroatoms. The number of aromatic nitrogens is 4. The molecule has 6 aromatic rings. The second-order valence-electron chi connectivity index (χ2n) is 25.9. The molecule has 8 rings (SSSR count). The number of rotatable bonds is 5. The summed E-state index contributed by atoms with van der Waals surface area (Å²) in [6, 6.07) is 28.9. The van der Waals surface area contributed by atoms with Crippen molar-refractivity contribution in [3.63, 3.8) is 0 Å². The lowest BCUT2D eigenvalue weighted by Gasteiger charge is -2.26. The van der Waals surface area contributed by atoms with Crippen LogP contribution in [0.5, 0.6) is 0 Å². The number of allylic oxidation sites excluding steroid dienone is 1. The molecule has 0 aliphatic carbocycles. The van der Waals surface area contributed by atoms with Gasteiger partial charge in [-0.2, -0.15) is 0 Å². The van der Waals surface area contributed by atoms with Gasteiger partial charge in [-0.15, -0.1) is 0 Å². The molecule has 70 heavy (non-hydrogen) atoms. The molecule has 0 saturated heterocycles.